The van der Waals surface area contributed by atoms with Gasteiger partial charge in [-0.25, -0.2) is 0 Å². The van der Waals surface area contributed by atoms with Crippen LogP contribution in [0, 0.1) is 11.8 Å². The summed E-state index contributed by atoms with van der Waals surface area (Å²) in [4.78, 5) is 110. The second-order valence-electron chi connectivity index (χ2n) is 25.5. The maximum absolute atomic E-state index is 11.5. The third-order valence-electron chi connectivity index (χ3n) is 15.4. The zero-order chi connectivity index (χ0) is 87.3. The Hall–Kier alpha value is -11.4. The number of fused-ring (bicyclic) bond motifs is 1. The van der Waals surface area contributed by atoms with Crippen LogP contribution in [0.5, 0.6) is 23.0 Å². The zero-order valence-electron chi connectivity index (χ0n) is 63.6. The predicted octanol–water partition coefficient (Wildman–Crippen LogP) is 2.21. The van der Waals surface area contributed by atoms with E-state index in [2.05, 4.69) is 20.6 Å². The lowest BCUT2D eigenvalue weighted by Crippen LogP contribution is -2.38. The first-order valence-electron chi connectivity index (χ1n) is 34.8. The highest BCUT2D eigenvalue weighted by Crippen LogP contribution is 2.20. The van der Waals surface area contributed by atoms with Gasteiger partial charge >= 0.3 is 59.7 Å². The second-order valence-corrected chi connectivity index (χ2v) is 26.5. The third-order valence-corrected chi connectivity index (χ3v) is 16.0. The van der Waals surface area contributed by atoms with Crippen LogP contribution in [0.15, 0.2) is 152 Å². The number of aromatic nitrogens is 2. The van der Waals surface area contributed by atoms with Crippen molar-refractivity contribution in [2.45, 2.75) is 146 Å². The number of aliphatic hydroxyl groups is 1. The van der Waals surface area contributed by atoms with E-state index in [1.807, 2.05) is 48.9 Å². The smallest absolute Gasteiger partial charge is 0.322 e. The lowest BCUT2D eigenvalue weighted by Gasteiger charge is -2.14. The molecule has 1 aliphatic heterocycles. The molecular weight excluding hydrogens is 1510 g/mol. The Balaban J connectivity index is 0. The number of rotatable bonds is 29. The van der Waals surface area contributed by atoms with Crippen molar-refractivity contribution in [2.24, 2.45) is 57.7 Å². The molecule has 37 nitrogen and oxygen atoms in total. The number of aliphatic hydroxyl groups excluding tert-OH is 1. The Morgan fingerprint density at radius 3 is 1.04 bits per heavy atom. The Bertz CT molecular complexity index is 3640. The number of thioether (sulfide) groups is 1. The number of aliphatic carboxylic acids is 10. The number of carboxylic acids is 10. The van der Waals surface area contributed by atoms with Gasteiger partial charge in [-0.05, 0) is 175 Å². The van der Waals surface area contributed by atoms with E-state index < -0.39 is 121 Å². The molecule has 8 rings (SSSR count). The average molecular weight is 1620 g/mol. The van der Waals surface area contributed by atoms with Crippen molar-refractivity contribution < 1.29 is 125 Å². The van der Waals surface area contributed by atoms with E-state index in [1.165, 1.54) is 48.5 Å². The molecule has 34 N–H and O–H groups in total. The number of carboxylic acid groups (broad SMARTS) is 10. The van der Waals surface area contributed by atoms with Gasteiger partial charge in [-0.3, -0.25) is 52.9 Å². The topological polar surface area (TPSA) is 735 Å². The molecule has 1 fully saturated rings. The number of benzene rings is 5. The van der Waals surface area contributed by atoms with Crippen molar-refractivity contribution in [3.63, 3.8) is 0 Å². The standard InChI is InChI=1S/C17H17N3O2.4C9H11NO3.C5H11NO2S.C5H9NO2.2C5H11NO2.C3H7NO3/c21-17(22)16(19-10-12-5-7-18-8-6-12)9-13-11-20-15-4-2-1-3-14(13)15;4*10-8(9(12)13)5-6-1-3-7(11)4-2-6;1-9-3-2-4(6)5(7)8;7-5(8)4-2-1-3-6-4;2*1-3(2)4(6)5(7)8;4-2(1-5)3(6)7/h1-8,11,16,19-20H,9-10H2,(H,21,22);4*1-4,8,11H,5,10H2,(H,12,13);4H,2-3,6H2,1H3,(H,7,8);4,6H,1-3H2,(H,7,8);2*3-4H,6H2,1-2H3,(H,7,8);2,5H,1,4H2,(H,6,7)/t16-;4*8-;4*4-;2-/m0000000000/s1. The minimum absolute atomic E-state index is 0.0208. The minimum Gasteiger partial charge on any atom is -0.508 e. The van der Waals surface area contributed by atoms with Gasteiger partial charge < -0.3 is 138 Å². The molecule has 5 aromatic carbocycles. The molecular formula is C76H110N12O25S. The number of pyridine rings is 1. The van der Waals surface area contributed by atoms with Crippen molar-refractivity contribution in [2.75, 3.05) is 25.2 Å². The van der Waals surface area contributed by atoms with E-state index in [0.29, 0.717) is 19.4 Å². The molecule has 0 unspecified atom stereocenters. The quantitative estimate of drug-likeness (QED) is 0.0319. The first kappa shape index (κ1) is 105. The molecule has 38 heteroatoms. The Morgan fingerprint density at radius 2 is 0.789 bits per heavy atom. The molecule has 7 aromatic rings. The van der Waals surface area contributed by atoms with Crippen LogP contribution in [-0.4, -0.2) is 232 Å². The van der Waals surface area contributed by atoms with Crippen LogP contribution in [0.1, 0.15) is 80.3 Å². The van der Waals surface area contributed by atoms with Gasteiger partial charge in [-0.1, -0.05) is 94.4 Å². The van der Waals surface area contributed by atoms with E-state index in [0.717, 1.165) is 69.4 Å². The number of aromatic hydroxyl groups is 4. The van der Waals surface area contributed by atoms with Crippen LogP contribution in [0.4, 0.5) is 0 Å². The summed E-state index contributed by atoms with van der Waals surface area (Å²) in [6.07, 6.45) is 11.1. The molecule has 3 heterocycles. The molecule has 10 atom stereocenters. The van der Waals surface area contributed by atoms with E-state index in [4.69, 9.17) is 117 Å². The number of phenolic OH excluding ortho intramolecular Hbond substituents is 4. The number of nitrogens with one attached hydrogen (secondary N) is 3. The molecule has 1 aliphatic rings. The number of nitrogens with zero attached hydrogens (tertiary/aromatic N) is 1. The van der Waals surface area contributed by atoms with Crippen molar-refractivity contribution in [1.82, 2.24) is 20.6 Å². The van der Waals surface area contributed by atoms with Crippen molar-refractivity contribution in [3.8, 4) is 23.0 Å². The van der Waals surface area contributed by atoms with Gasteiger partial charge in [0.1, 0.15) is 83.4 Å². The molecule has 0 saturated carbocycles. The van der Waals surface area contributed by atoms with Crippen LogP contribution in [0.3, 0.4) is 0 Å². The Morgan fingerprint density at radius 1 is 0.447 bits per heavy atom. The van der Waals surface area contributed by atoms with Crippen LogP contribution in [0.25, 0.3) is 10.9 Å². The van der Waals surface area contributed by atoms with Crippen molar-refractivity contribution in [1.29, 1.82) is 0 Å². The number of carbonyl (C=O) groups is 10. The summed E-state index contributed by atoms with van der Waals surface area (Å²) in [5.41, 5.74) is 47.8. The van der Waals surface area contributed by atoms with E-state index in [1.54, 1.807) is 100 Å². The number of nitrogens with two attached hydrogens (primary N) is 8. The molecule has 0 bridgehead atoms. The monoisotopic (exact) mass is 1620 g/mol. The Labute approximate surface area is 662 Å². The molecule has 1 saturated heterocycles. The number of para-hydroxylation sites is 1. The molecule has 630 valence electrons. The molecule has 114 heavy (non-hydrogen) atoms. The first-order chi connectivity index (χ1) is 53.4. The third kappa shape index (κ3) is 49.1. The van der Waals surface area contributed by atoms with Crippen molar-refractivity contribution >= 4 is 82.4 Å². The van der Waals surface area contributed by atoms with Crippen LogP contribution < -0.4 is 56.5 Å². The summed E-state index contributed by atoms with van der Waals surface area (Å²) in [7, 11) is 0. The average Bonchev–Trinajstić information content (AvgIpc) is 1.68. The number of phenols is 4. The molecule has 0 amide bonds. The van der Waals surface area contributed by atoms with Gasteiger partial charge in [0.05, 0.1) is 6.61 Å². The highest BCUT2D eigenvalue weighted by atomic mass is 32.2. The van der Waals surface area contributed by atoms with Gasteiger partial charge in [-0.2, -0.15) is 11.8 Å². The van der Waals surface area contributed by atoms with Gasteiger partial charge in [0.25, 0.3) is 0 Å². The highest BCUT2D eigenvalue weighted by Gasteiger charge is 2.22. The minimum atomic E-state index is -1.18. The summed E-state index contributed by atoms with van der Waals surface area (Å²) in [6, 6.07) is 29.2. The fraction of sp³-hybridized carbons (Fsp3) is 0.382. The van der Waals surface area contributed by atoms with E-state index >= 15 is 0 Å². The highest BCUT2D eigenvalue weighted by molar-refractivity contribution is 7.98. The SMILES string of the molecule is CC(C)[C@H](N)C(=O)O.CC(C)[C@H](N)C(=O)O.CSCC[C@H](N)C(=O)O.N[C@@H](CO)C(=O)O.N[C@@H](Cc1ccc(O)cc1)C(=O)O.N[C@@H](Cc1ccc(O)cc1)C(=O)O.N[C@@H](Cc1ccc(O)cc1)C(=O)O.N[C@@H](Cc1ccc(O)cc1)C(=O)O.O=C(O)[C@@H]1CCCN1.O=C(O)[C@H](Cc1c[nH]c2ccccc12)NCc1ccncc1. The fourth-order valence-electron chi connectivity index (χ4n) is 8.31. The van der Waals surface area contributed by atoms with E-state index in [9.17, 15) is 53.1 Å². The number of aromatic amines is 1. The largest absolute Gasteiger partial charge is 0.508 e. The van der Waals surface area contributed by atoms with Gasteiger partial charge in [-0.15, -0.1) is 0 Å². The summed E-state index contributed by atoms with van der Waals surface area (Å²) < 4.78 is 0. The van der Waals surface area contributed by atoms with Crippen LogP contribution >= 0.6 is 11.8 Å². The maximum Gasteiger partial charge on any atom is 0.322 e. The fourth-order valence-corrected chi connectivity index (χ4v) is 8.80. The molecule has 0 radical (unpaired) electrons. The number of hydrogen-bond acceptors (Lipinski definition) is 27. The number of H-pyrrole nitrogens is 1. The van der Waals surface area contributed by atoms with Gasteiger partial charge in [0.15, 0.2) is 0 Å². The Kier molecular flexibility index (Phi) is 53.7. The molecule has 0 aliphatic carbocycles. The second kappa shape index (κ2) is 58.5. The van der Waals surface area contributed by atoms with Gasteiger partial charge in [0.2, 0.25) is 0 Å². The summed E-state index contributed by atoms with van der Waals surface area (Å²) in [5.74, 6) is -8.11. The lowest BCUT2D eigenvalue weighted by atomic mass is 10.0. The molecule has 2 aromatic heterocycles. The predicted molar refractivity (Wildman–Crippen MR) is 425 cm³/mol. The van der Waals surface area contributed by atoms with Gasteiger partial charge in [0, 0.05) is 42.5 Å². The first-order valence-corrected chi connectivity index (χ1v) is 36.2. The summed E-state index contributed by atoms with van der Waals surface area (Å²) >= 11 is 1.60. The van der Waals surface area contributed by atoms with E-state index in [-0.39, 0.29) is 66.6 Å². The number of hydrogen-bond donors (Lipinski definition) is 26. The zero-order valence-corrected chi connectivity index (χ0v) is 64.4. The summed E-state index contributed by atoms with van der Waals surface area (Å²) in [6.45, 7) is 7.96. The van der Waals surface area contributed by atoms with Crippen molar-refractivity contribution in [3.05, 3.63) is 185 Å². The summed E-state index contributed by atoms with van der Waals surface area (Å²) in [5, 5.41) is 135. The maximum atomic E-state index is 11.5. The van der Waals surface area contributed by atoms with Crippen LogP contribution in [0.2, 0.25) is 0 Å². The molecule has 0 spiro atoms. The van der Waals surface area contributed by atoms with Crippen LogP contribution in [-0.2, 0) is 86.6 Å². The normalized spacial score (nSPS) is 13.8. The lowest BCUT2D eigenvalue weighted by molar-refractivity contribution is -0.140.